The molecule has 0 aliphatic heterocycles. The molecule has 0 saturated carbocycles. The molecule has 6 heteroatoms. The molecule has 2 N–H and O–H groups in total. The highest BCUT2D eigenvalue weighted by Gasteiger charge is 2.12. The van der Waals surface area contributed by atoms with Crippen LogP contribution in [0.5, 0.6) is 0 Å². The Hall–Kier alpha value is -1.62. The fourth-order valence-corrected chi connectivity index (χ4v) is 1.48. The fraction of sp³-hybridized carbons (Fsp3) is 0.125. The van der Waals surface area contributed by atoms with Gasteiger partial charge in [0, 0.05) is 5.69 Å². The lowest BCUT2D eigenvalue weighted by molar-refractivity contribution is 0.0685. The first-order chi connectivity index (χ1) is 6.58. The second-order valence-corrected chi connectivity index (χ2v) is 3.20. The van der Waals surface area contributed by atoms with Crippen molar-refractivity contribution in [1.82, 2.24) is 15.0 Å². The van der Waals surface area contributed by atoms with Gasteiger partial charge >= 0.3 is 5.97 Å². The van der Waals surface area contributed by atoms with Gasteiger partial charge in [-0.05, 0) is 13.0 Å². The molecule has 5 nitrogen and oxygen atoms in total. The van der Waals surface area contributed by atoms with Crippen LogP contribution in [0.1, 0.15) is 16.3 Å². The van der Waals surface area contributed by atoms with Crippen molar-refractivity contribution in [3.05, 3.63) is 22.7 Å². The van der Waals surface area contributed by atoms with E-state index in [0.717, 1.165) is 0 Å². The van der Waals surface area contributed by atoms with E-state index in [2.05, 4.69) is 15.0 Å². The number of imidazole rings is 1. The molecule has 0 amide bonds. The molecule has 0 atom stereocenters. The Labute approximate surface area is 83.8 Å². The third kappa shape index (κ3) is 1.31. The largest absolute Gasteiger partial charge is 0.475 e. The lowest BCUT2D eigenvalue weighted by Crippen LogP contribution is -1.97. The Bertz CT molecular complexity index is 521. The summed E-state index contributed by atoms with van der Waals surface area (Å²) >= 11 is 5.79. The number of rotatable bonds is 1. The van der Waals surface area contributed by atoms with E-state index in [1.54, 1.807) is 13.0 Å². The molecule has 14 heavy (non-hydrogen) atoms. The quantitative estimate of drug-likeness (QED) is 0.703. The summed E-state index contributed by atoms with van der Waals surface area (Å²) in [5, 5.41) is 8.90. The molecule has 72 valence electrons. The Morgan fingerprint density at radius 2 is 2.29 bits per heavy atom. The van der Waals surface area contributed by atoms with Crippen LogP contribution in [-0.4, -0.2) is 26.0 Å². The van der Waals surface area contributed by atoms with Crippen LogP contribution in [0, 0.1) is 6.92 Å². The summed E-state index contributed by atoms with van der Waals surface area (Å²) in [6.07, 6.45) is 0. The van der Waals surface area contributed by atoms with E-state index in [4.69, 9.17) is 16.7 Å². The fourth-order valence-electron chi connectivity index (χ4n) is 1.20. The number of H-pyrrole nitrogens is 1. The van der Waals surface area contributed by atoms with E-state index < -0.39 is 5.97 Å². The number of carboxylic acid groups (broad SMARTS) is 1. The van der Waals surface area contributed by atoms with Gasteiger partial charge in [-0.25, -0.2) is 14.8 Å². The predicted molar refractivity (Wildman–Crippen MR) is 50.6 cm³/mol. The van der Waals surface area contributed by atoms with Crippen molar-refractivity contribution in [2.75, 3.05) is 0 Å². The van der Waals surface area contributed by atoms with E-state index in [9.17, 15) is 4.79 Å². The number of halogens is 1. The summed E-state index contributed by atoms with van der Waals surface area (Å²) in [6.45, 7) is 1.77. The number of fused-ring (bicyclic) bond motifs is 1. The van der Waals surface area contributed by atoms with E-state index in [1.165, 1.54) is 0 Å². The summed E-state index contributed by atoms with van der Waals surface area (Å²) < 4.78 is 0. The molecule has 0 aromatic carbocycles. The van der Waals surface area contributed by atoms with Crippen LogP contribution in [0.25, 0.3) is 11.0 Å². The lowest BCUT2D eigenvalue weighted by Gasteiger charge is -1.93. The first-order valence-corrected chi connectivity index (χ1v) is 4.22. The maximum atomic E-state index is 10.6. The zero-order valence-corrected chi connectivity index (χ0v) is 7.96. The van der Waals surface area contributed by atoms with Crippen LogP contribution < -0.4 is 0 Å². The molecule has 0 spiro atoms. The molecule has 2 heterocycles. The maximum Gasteiger partial charge on any atom is 0.371 e. The van der Waals surface area contributed by atoms with Crippen LogP contribution in [0.2, 0.25) is 5.15 Å². The molecule has 0 bridgehead atoms. The summed E-state index contributed by atoms with van der Waals surface area (Å²) in [4.78, 5) is 21.0. The van der Waals surface area contributed by atoms with E-state index >= 15 is 0 Å². The second kappa shape index (κ2) is 2.95. The molecule has 0 aliphatic rings. The van der Waals surface area contributed by atoms with Crippen molar-refractivity contribution in [3.63, 3.8) is 0 Å². The smallest absolute Gasteiger partial charge is 0.371 e. The van der Waals surface area contributed by atoms with Crippen LogP contribution in [-0.2, 0) is 0 Å². The van der Waals surface area contributed by atoms with Crippen LogP contribution in [0.15, 0.2) is 6.07 Å². The Morgan fingerprint density at radius 1 is 1.57 bits per heavy atom. The normalized spacial score (nSPS) is 10.7. The molecule has 0 unspecified atom stereocenters. The molecule has 2 aromatic rings. The van der Waals surface area contributed by atoms with E-state index in [1.807, 2.05) is 0 Å². The molecule has 2 rings (SSSR count). The van der Waals surface area contributed by atoms with Gasteiger partial charge in [0.1, 0.15) is 5.52 Å². The first kappa shape index (κ1) is 8.96. The number of nitrogens with one attached hydrogen (secondary N) is 1. The number of pyridine rings is 1. The average Bonchev–Trinajstić information content (AvgIpc) is 2.47. The highest BCUT2D eigenvalue weighted by Crippen LogP contribution is 2.20. The number of carboxylic acids is 1. The van der Waals surface area contributed by atoms with Gasteiger partial charge < -0.3 is 10.1 Å². The zero-order chi connectivity index (χ0) is 10.3. The van der Waals surface area contributed by atoms with Gasteiger partial charge in [-0.15, -0.1) is 0 Å². The average molecular weight is 212 g/mol. The third-order valence-corrected chi connectivity index (χ3v) is 2.02. The minimum atomic E-state index is -1.12. The number of aromatic amines is 1. The van der Waals surface area contributed by atoms with Gasteiger partial charge in [0.25, 0.3) is 0 Å². The van der Waals surface area contributed by atoms with Crippen LogP contribution in [0.4, 0.5) is 0 Å². The summed E-state index contributed by atoms with van der Waals surface area (Å²) in [7, 11) is 0. The minimum absolute atomic E-state index is 0.130. The highest BCUT2D eigenvalue weighted by molar-refractivity contribution is 6.33. The number of aromatic carboxylic acids is 1. The number of hydrogen-bond acceptors (Lipinski definition) is 3. The van der Waals surface area contributed by atoms with Crippen molar-refractivity contribution < 1.29 is 9.90 Å². The van der Waals surface area contributed by atoms with Gasteiger partial charge in [-0.2, -0.15) is 0 Å². The summed E-state index contributed by atoms with van der Waals surface area (Å²) in [5.74, 6) is -1.25. The van der Waals surface area contributed by atoms with Crippen molar-refractivity contribution in [2.45, 2.75) is 6.92 Å². The lowest BCUT2D eigenvalue weighted by atomic mass is 10.3. The zero-order valence-electron chi connectivity index (χ0n) is 7.21. The second-order valence-electron chi connectivity index (χ2n) is 2.84. The van der Waals surface area contributed by atoms with Gasteiger partial charge in [0.05, 0.1) is 5.52 Å². The number of hydrogen-bond donors (Lipinski definition) is 2. The molecule has 2 aromatic heterocycles. The Morgan fingerprint density at radius 3 is 2.93 bits per heavy atom. The maximum absolute atomic E-state index is 10.6. The number of aryl methyl sites for hydroxylation is 1. The van der Waals surface area contributed by atoms with Crippen molar-refractivity contribution in [1.29, 1.82) is 0 Å². The molecule has 0 aliphatic carbocycles. The summed E-state index contributed by atoms with van der Waals surface area (Å²) in [5.41, 5.74) is 1.68. The van der Waals surface area contributed by atoms with Crippen LogP contribution in [0.3, 0.4) is 0 Å². The number of nitrogens with zero attached hydrogens (tertiary/aromatic N) is 2. The van der Waals surface area contributed by atoms with E-state index in [0.29, 0.717) is 16.7 Å². The van der Waals surface area contributed by atoms with Gasteiger partial charge in [-0.3, -0.25) is 0 Å². The molecule has 0 radical (unpaired) electrons. The van der Waals surface area contributed by atoms with Crippen molar-refractivity contribution in [3.8, 4) is 0 Å². The number of aromatic nitrogens is 3. The minimum Gasteiger partial charge on any atom is -0.475 e. The first-order valence-electron chi connectivity index (χ1n) is 3.84. The third-order valence-electron chi connectivity index (χ3n) is 1.76. The molecule has 0 saturated heterocycles. The predicted octanol–water partition coefficient (Wildman–Crippen LogP) is 1.62. The van der Waals surface area contributed by atoms with Crippen molar-refractivity contribution in [2.24, 2.45) is 0 Å². The Kier molecular flexibility index (Phi) is 1.89. The van der Waals surface area contributed by atoms with Gasteiger partial charge in [-0.1, -0.05) is 11.6 Å². The molecular weight excluding hydrogens is 206 g/mol. The van der Waals surface area contributed by atoms with Gasteiger partial charge in [0.15, 0.2) is 5.15 Å². The van der Waals surface area contributed by atoms with Crippen LogP contribution >= 0.6 is 11.6 Å². The molecular formula is C8H6ClN3O2. The highest BCUT2D eigenvalue weighted by atomic mass is 35.5. The molecule has 0 fully saturated rings. The van der Waals surface area contributed by atoms with E-state index in [-0.39, 0.29) is 11.0 Å². The Balaban J connectivity index is 2.76. The van der Waals surface area contributed by atoms with Crippen molar-refractivity contribution >= 4 is 28.6 Å². The topological polar surface area (TPSA) is 78.9 Å². The number of carbonyl (C=O) groups is 1. The SMILES string of the molecule is Cc1cc2[nH]c(C(=O)O)nc2c(Cl)n1. The van der Waals surface area contributed by atoms with Gasteiger partial charge in [0.2, 0.25) is 5.82 Å². The monoisotopic (exact) mass is 211 g/mol. The standard InChI is InChI=1S/C8H6ClN3O2/c1-3-2-4-5(6(9)10-3)12-7(11-4)8(13)14/h2H,1H3,(H,11,12)(H,13,14). The summed E-state index contributed by atoms with van der Waals surface area (Å²) in [6, 6.07) is 1.70.